The third-order valence-corrected chi connectivity index (χ3v) is 4.35. The molecule has 24 heavy (non-hydrogen) atoms. The highest BCUT2D eigenvalue weighted by atomic mass is 35.5. The summed E-state index contributed by atoms with van der Waals surface area (Å²) in [5, 5.41) is 3.22. The molecule has 0 aromatic heterocycles. The number of aryl methyl sites for hydroxylation is 1. The van der Waals surface area contributed by atoms with Crippen LogP contribution in [0, 0.1) is 6.92 Å². The summed E-state index contributed by atoms with van der Waals surface area (Å²) >= 11 is 0. The van der Waals surface area contributed by atoms with Crippen LogP contribution >= 0.6 is 12.4 Å². The van der Waals surface area contributed by atoms with E-state index >= 15 is 0 Å². The highest BCUT2D eigenvalue weighted by Crippen LogP contribution is 2.30. The number of methoxy groups -OCH3 is 3. The SMILES string of the molecule is COc1cc(C)c(CN(C)C(=O)[C@@H]2C[C@H](OC)CN2)cc1OC.Cl. The fraction of sp³-hybridized carbons (Fsp3) is 0.588. The van der Waals surface area contributed by atoms with Crippen LogP contribution in [-0.2, 0) is 16.1 Å². The number of benzene rings is 1. The monoisotopic (exact) mass is 358 g/mol. The minimum Gasteiger partial charge on any atom is -0.493 e. The summed E-state index contributed by atoms with van der Waals surface area (Å²) in [4.78, 5) is 14.3. The second-order valence-corrected chi connectivity index (χ2v) is 5.88. The number of amides is 1. The molecule has 136 valence electrons. The molecule has 1 aliphatic rings. The second-order valence-electron chi connectivity index (χ2n) is 5.88. The van der Waals surface area contributed by atoms with Crippen LogP contribution in [0.15, 0.2) is 12.1 Å². The van der Waals surface area contributed by atoms with Crippen LogP contribution in [-0.4, -0.2) is 57.9 Å². The van der Waals surface area contributed by atoms with Crippen molar-refractivity contribution in [1.82, 2.24) is 10.2 Å². The van der Waals surface area contributed by atoms with E-state index in [1.807, 2.05) is 26.1 Å². The third-order valence-electron chi connectivity index (χ3n) is 4.35. The van der Waals surface area contributed by atoms with Gasteiger partial charge in [0.2, 0.25) is 5.91 Å². The molecule has 1 saturated heterocycles. The van der Waals surface area contributed by atoms with Gasteiger partial charge in [-0.25, -0.2) is 0 Å². The maximum atomic E-state index is 12.6. The van der Waals surface area contributed by atoms with Crippen molar-refractivity contribution in [3.63, 3.8) is 0 Å². The molecule has 1 aliphatic heterocycles. The lowest BCUT2D eigenvalue weighted by Gasteiger charge is -2.23. The topological polar surface area (TPSA) is 60.0 Å². The van der Waals surface area contributed by atoms with E-state index in [9.17, 15) is 4.79 Å². The second kappa shape index (κ2) is 9.11. The van der Waals surface area contributed by atoms with Crippen LogP contribution < -0.4 is 14.8 Å². The Bertz CT molecular complexity index is 568. The Morgan fingerprint density at radius 2 is 1.88 bits per heavy atom. The summed E-state index contributed by atoms with van der Waals surface area (Å²) in [5.74, 6) is 1.45. The Hall–Kier alpha value is -1.50. The molecule has 0 unspecified atom stereocenters. The van der Waals surface area contributed by atoms with Gasteiger partial charge in [-0.15, -0.1) is 12.4 Å². The molecule has 1 N–H and O–H groups in total. The van der Waals surface area contributed by atoms with E-state index in [0.29, 0.717) is 24.5 Å². The highest BCUT2D eigenvalue weighted by Gasteiger charge is 2.31. The molecule has 0 aliphatic carbocycles. The van der Waals surface area contributed by atoms with Crippen LogP contribution in [0.3, 0.4) is 0 Å². The molecule has 1 heterocycles. The van der Waals surface area contributed by atoms with E-state index in [1.165, 1.54) is 0 Å². The van der Waals surface area contributed by atoms with Gasteiger partial charge in [0.05, 0.1) is 26.4 Å². The molecule has 1 fully saturated rings. The minimum absolute atomic E-state index is 0. The number of hydrogen-bond donors (Lipinski definition) is 1. The van der Waals surface area contributed by atoms with Crippen molar-refractivity contribution < 1.29 is 19.0 Å². The van der Waals surface area contributed by atoms with Gasteiger partial charge in [0, 0.05) is 27.2 Å². The van der Waals surface area contributed by atoms with Crippen LogP contribution in [0.4, 0.5) is 0 Å². The molecule has 1 amide bonds. The molecular weight excluding hydrogens is 332 g/mol. The Kier molecular flexibility index (Phi) is 7.79. The van der Waals surface area contributed by atoms with E-state index < -0.39 is 0 Å². The largest absolute Gasteiger partial charge is 0.493 e. The predicted molar refractivity (Wildman–Crippen MR) is 95.2 cm³/mol. The molecule has 0 saturated carbocycles. The molecule has 6 nitrogen and oxygen atoms in total. The minimum atomic E-state index is -0.176. The van der Waals surface area contributed by atoms with Crippen molar-refractivity contribution in [2.24, 2.45) is 0 Å². The average Bonchev–Trinajstić information content (AvgIpc) is 3.04. The van der Waals surface area contributed by atoms with E-state index in [-0.39, 0.29) is 30.5 Å². The molecule has 7 heteroatoms. The van der Waals surface area contributed by atoms with Gasteiger partial charge in [0.1, 0.15) is 0 Å². The summed E-state index contributed by atoms with van der Waals surface area (Å²) < 4.78 is 15.9. The number of nitrogens with zero attached hydrogens (tertiary/aromatic N) is 1. The average molecular weight is 359 g/mol. The van der Waals surface area contributed by atoms with E-state index in [1.54, 1.807) is 26.2 Å². The number of carbonyl (C=O) groups is 1. The Balaban J connectivity index is 0.00000288. The normalized spacial score (nSPS) is 19.5. The Morgan fingerprint density at radius 3 is 2.42 bits per heavy atom. The first kappa shape index (κ1) is 20.5. The van der Waals surface area contributed by atoms with Gasteiger partial charge < -0.3 is 24.4 Å². The van der Waals surface area contributed by atoms with E-state index in [4.69, 9.17) is 14.2 Å². The molecule has 2 atom stereocenters. The zero-order valence-corrected chi connectivity index (χ0v) is 15.7. The fourth-order valence-electron chi connectivity index (χ4n) is 2.86. The van der Waals surface area contributed by atoms with Gasteiger partial charge in [-0.3, -0.25) is 4.79 Å². The van der Waals surface area contributed by atoms with Crippen molar-refractivity contribution in [1.29, 1.82) is 0 Å². The summed E-state index contributed by atoms with van der Waals surface area (Å²) in [7, 11) is 6.72. The number of likely N-dealkylation sites (N-methyl/N-ethyl adjacent to an activating group) is 1. The maximum absolute atomic E-state index is 12.6. The predicted octanol–water partition coefficient (Wildman–Crippen LogP) is 1.77. The molecule has 1 aromatic rings. The first-order valence-corrected chi connectivity index (χ1v) is 7.72. The zero-order valence-electron chi connectivity index (χ0n) is 14.9. The highest BCUT2D eigenvalue weighted by molar-refractivity contribution is 5.85. The lowest BCUT2D eigenvalue weighted by Crippen LogP contribution is -2.41. The Labute approximate surface area is 149 Å². The number of halogens is 1. The maximum Gasteiger partial charge on any atom is 0.239 e. The summed E-state index contributed by atoms with van der Waals surface area (Å²) in [6, 6.07) is 3.68. The quantitative estimate of drug-likeness (QED) is 0.839. The summed E-state index contributed by atoms with van der Waals surface area (Å²) in [6.07, 6.45) is 0.824. The van der Waals surface area contributed by atoms with Crippen molar-refractivity contribution >= 4 is 18.3 Å². The summed E-state index contributed by atoms with van der Waals surface area (Å²) in [6.45, 7) is 3.25. The van der Waals surface area contributed by atoms with Crippen LogP contribution in [0.25, 0.3) is 0 Å². The lowest BCUT2D eigenvalue weighted by molar-refractivity contribution is -0.132. The molecule has 0 spiro atoms. The van der Waals surface area contributed by atoms with Gasteiger partial charge >= 0.3 is 0 Å². The van der Waals surface area contributed by atoms with Gasteiger partial charge in [0.25, 0.3) is 0 Å². The van der Waals surface area contributed by atoms with E-state index in [2.05, 4.69) is 5.32 Å². The van der Waals surface area contributed by atoms with Crippen LogP contribution in [0.5, 0.6) is 11.5 Å². The van der Waals surface area contributed by atoms with Gasteiger partial charge in [0.15, 0.2) is 11.5 Å². The smallest absolute Gasteiger partial charge is 0.239 e. The number of carbonyl (C=O) groups excluding carboxylic acids is 1. The molecule has 1 aromatic carbocycles. The van der Waals surface area contributed by atoms with Crippen molar-refractivity contribution in [2.75, 3.05) is 34.9 Å². The first-order chi connectivity index (χ1) is 11.0. The van der Waals surface area contributed by atoms with E-state index in [0.717, 1.165) is 17.7 Å². The lowest BCUT2D eigenvalue weighted by atomic mass is 10.1. The third kappa shape index (κ3) is 4.53. The van der Waals surface area contributed by atoms with Gasteiger partial charge in [-0.05, 0) is 36.6 Å². The fourth-order valence-corrected chi connectivity index (χ4v) is 2.86. The van der Waals surface area contributed by atoms with Crippen LogP contribution in [0.1, 0.15) is 17.5 Å². The molecule has 2 rings (SSSR count). The van der Waals surface area contributed by atoms with Crippen molar-refractivity contribution in [2.45, 2.75) is 32.0 Å². The first-order valence-electron chi connectivity index (χ1n) is 7.72. The van der Waals surface area contributed by atoms with Crippen LogP contribution in [0.2, 0.25) is 0 Å². The standard InChI is InChI=1S/C17H26N2O4.ClH/c1-11-6-15(22-4)16(23-5)7-12(11)10-19(2)17(20)14-8-13(21-3)9-18-14;/h6-7,13-14,18H,8-10H2,1-5H3;1H/t13-,14-;/m0./s1. The number of rotatable bonds is 6. The van der Waals surface area contributed by atoms with Gasteiger partial charge in [-0.2, -0.15) is 0 Å². The zero-order chi connectivity index (χ0) is 17.0. The molecular formula is C17H27ClN2O4. The van der Waals surface area contributed by atoms with Crippen molar-refractivity contribution in [3.05, 3.63) is 23.3 Å². The summed E-state index contributed by atoms with van der Waals surface area (Å²) in [5.41, 5.74) is 2.11. The number of hydrogen-bond acceptors (Lipinski definition) is 5. The molecule has 0 radical (unpaired) electrons. The van der Waals surface area contributed by atoms with Crippen molar-refractivity contribution in [3.8, 4) is 11.5 Å². The Morgan fingerprint density at radius 1 is 1.25 bits per heavy atom. The molecule has 0 bridgehead atoms. The number of nitrogens with one attached hydrogen (secondary N) is 1. The number of ether oxygens (including phenoxy) is 3. The van der Waals surface area contributed by atoms with Gasteiger partial charge in [-0.1, -0.05) is 0 Å².